The van der Waals surface area contributed by atoms with E-state index in [0.717, 1.165) is 4.57 Å². The number of nitrogens with zero attached hydrogens (tertiary/aromatic N) is 1. The van der Waals surface area contributed by atoms with Crippen molar-refractivity contribution in [2.24, 2.45) is 5.92 Å². The summed E-state index contributed by atoms with van der Waals surface area (Å²) in [6, 6.07) is 16.5. The van der Waals surface area contributed by atoms with E-state index in [1.54, 1.807) is 81.5 Å². The van der Waals surface area contributed by atoms with Gasteiger partial charge in [-0.05, 0) is 59.4 Å². The summed E-state index contributed by atoms with van der Waals surface area (Å²) < 4.78 is 55.2. The molecule has 260 valence electrons. The second-order valence-corrected chi connectivity index (χ2v) is 18.2. The van der Waals surface area contributed by atoms with Crippen LogP contribution in [0.1, 0.15) is 50.5 Å². The van der Waals surface area contributed by atoms with E-state index in [-0.39, 0.29) is 17.7 Å². The number of alkyl halides is 3. The smallest absolute Gasteiger partial charge is 0.415 e. The molecule has 3 rings (SSSR count). The fourth-order valence-corrected chi connectivity index (χ4v) is 6.07. The Kier molecular flexibility index (Phi) is 12.2. The predicted octanol–water partition coefficient (Wildman–Crippen LogP) is 6.58. The number of carbonyl (C=O) groups excluding carboxylic acids is 3. The van der Waals surface area contributed by atoms with Gasteiger partial charge in [0.2, 0.25) is 11.8 Å². The summed E-state index contributed by atoms with van der Waals surface area (Å²) in [4.78, 5) is 52.2. The van der Waals surface area contributed by atoms with Crippen molar-refractivity contribution >= 4 is 31.8 Å². The number of nitrogens with one attached hydrogen (secondary N) is 2. The van der Waals surface area contributed by atoms with Gasteiger partial charge < -0.3 is 19.8 Å². The molecule has 1 aromatic heterocycles. The molecule has 2 N–H and O–H groups in total. The standard InChI is InChI=1S/C35H44F3N3O6Si/c1-22(2)30(31(35(36,37)38)47-48(7,8)34(3,4)5)40-29(43)21-41-27(24-14-10-9-11-15-24)18-17-26(32(41)44)39-28(42)20-23-13-12-16-25(19-23)33(45)46-6/h9-19,22,30-31H,20-21H2,1-8H3,(H,39,42)(H,40,43). The zero-order valence-electron chi connectivity index (χ0n) is 28.5. The Balaban J connectivity index is 1.95. The van der Waals surface area contributed by atoms with Gasteiger partial charge in [-0.3, -0.25) is 19.0 Å². The normalized spacial score (nSPS) is 13.5. The molecule has 3 aromatic rings. The number of hydrogen-bond acceptors (Lipinski definition) is 6. The van der Waals surface area contributed by atoms with Crippen LogP contribution in [0.2, 0.25) is 18.1 Å². The van der Waals surface area contributed by atoms with Gasteiger partial charge in [0.25, 0.3) is 5.56 Å². The molecule has 0 spiro atoms. The number of amides is 2. The number of hydrogen-bond donors (Lipinski definition) is 2. The minimum atomic E-state index is -4.77. The number of esters is 1. The van der Waals surface area contributed by atoms with Gasteiger partial charge in [-0.15, -0.1) is 0 Å². The largest absolute Gasteiger partial charge is 0.465 e. The average molecular weight is 688 g/mol. The number of anilines is 1. The van der Waals surface area contributed by atoms with Crippen molar-refractivity contribution < 1.29 is 36.7 Å². The molecule has 2 atom stereocenters. The van der Waals surface area contributed by atoms with E-state index < -0.39 is 67.5 Å². The van der Waals surface area contributed by atoms with Crippen LogP contribution in [0.5, 0.6) is 0 Å². The number of rotatable bonds is 12. The third kappa shape index (κ3) is 9.66. The predicted molar refractivity (Wildman–Crippen MR) is 181 cm³/mol. The molecule has 0 fully saturated rings. The fourth-order valence-electron chi connectivity index (χ4n) is 4.80. The first-order valence-corrected chi connectivity index (χ1v) is 18.5. The van der Waals surface area contributed by atoms with Gasteiger partial charge in [0.15, 0.2) is 14.4 Å². The summed E-state index contributed by atoms with van der Waals surface area (Å²) in [5, 5.41) is 4.56. The first-order valence-electron chi connectivity index (χ1n) is 15.6. The molecule has 2 unspecified atom stereocenters. The molecule has 9 nitrogen and oxygen atoms in total. The lowest BCUT2D eigenvalue weighted by Crippen LogP contribution is -2.59. The lowest BCUT2D eigenvalue weighted by molar-refractivity contribution is -0.210. The van der Waals surface area contributed by atoms with Crippen LogP contribution in [-0.4, -0.2) is 56.1 Å². The Morgan fingerprint density at radius 2 is 1.56 bits per heavy atom. The van der Waals surface area contributed by atoms with Crippen molar-refractivity contribution in [3.63, 3.8) is 0 Å². The van der Waals surface area contributed by atoms with Crippen LogP contribution in [0.4, 0.5) is 18.9 Å². The van der Waals surface area contributed by atoms with E-state index in [9.17, 15) is 32.3 Å². The van der Waals surface area contributed by atoms with E-state index in [2.05, 4.69) is 10.6 Å². The number of aromatic nitrogens is 1. The van der Waals surface area contributed by atoms with Crippen LogP contribution >= 0.6 is 0 Å². The van der Waals surface area contributed by atoms with E-state index in [0.29, 0.717) is 16.8 Å². The third-order valence-corrected chi connectivity index (χ3v) is 12.9. The summed E-state index contributed by atoms with van der Waals surface area (Å²) in [6.07, 6.45) is -7.21. The molecule has 0 aliphatic carbocycles. The van der Waals surface area contributed by atoms with Gasteiger partial charge in [-0.25, -0.2) is 4.79 Å². The maximum Gasteiger partial charge on any atom is 0.415 e. The lowest BCUT2D eigenvalue weighted by atomic mass is 9.98. The van der Waals surface area contributed by atoms with E-state index in [4.69, 9.17) is 9.16 Å². The van der Waals surface area contributed by atoms with Gasteiger partial charge in [0.1, 0.15) is 12.2 Å². The number of carbonyl (C=O) groups is 3. The zero-order valence-corrected chi connectivity index (χ0v) is 29.5. The molecule has 0 radical (unpaired) electrons. The highest BCUT2D eigenvalue weighted by atomic mass is 28.4. The van der Waals surface area contributed by atoms with Gasteiger partial charge in [-0.1, -0.05) is 77.1 Å². The van der Waals surface area contributed by atoms with E-state index >= 15 is 0 Å². The zero-order chi connectivity index (χ0) is 36.0. The van der Waals surface area contributed by atoms with Crippen LogP contribution in [0, 0.1) is 5.92 Å². The number of methoxy groups -OCH3 is 1. The second-order valence-electron chi connectivity index (χ2n) is 13.5. The molecule has 0 saturated carbocycles. The Morgan fingerprint density at radius 3 is 2.12 bits per heavy atom. The maximum atomic E-state index is 14.5. The van der Waals surface area contributed by atoms with Crippen LogP contribution in [0.3, 0.4) is 0 Å². The Labute approximate surface area is 280 Å². The highest BCUT2D eigenvalue weighted by molar-refractivity contribution is 6.74. The van der Waals surface area contributed by atoms with Crippen molar-refractivity contribution in [2.75, 3.05) is 12.4 Å². The minimum absolute atomic E-state index is 0.133. The van der Waals surface area contributed by atoms with Gasteiger partial charge >= 0.3 is 12.1 Å². The fraction of sp³-hybridized carbons (Fsp3) is 0.429. The van der Waals surface area contributed by atoms with Gasteiger partial charge in [0, 0.05) is 0 Å². The minimum Gasteiger partial charge on any atom is -0.465 e. The van der Waals surface area contributed by atoms with E-state index in [1.165, 1.54) is 19.2 Å². The van der Waals surface area contributed by atoms with E-state index in [1.807, 2.05) is 20.8 Å². The maximum absolute atomic E-state index is 14.5. The monoisotopic (exact) mass is 687 g/mol. The highest BCUT2D eigenvalue weighted by Gasteiger charge is 2.52. The molecular weight excluding hydrogens is 643 g/mol. The van der Waals surface area contributed by atoms with Crippen LogP contribution in [0.25, 0.3) is 11.3 Å². The molecule has 0 bridgehead atoms. The molecule has 1 heterocycles. The molecule has 0 saturated heterocycles. The van der Waals surface area contributed by atoms with Gasteiger partial charge in [-0.2, -0.15) is 13.2 Å². The first kappa shape index (κ1) is 38.2. The third-order valence-electron chi connectivity index (χ3n) is 8.45. The average Bonchev–Trinajstić information content (AvgIpc) is 2.99. The molecule has 13 heteroatoms. The quantitative estimate of drug-likeness (QED) is 0.164. The molecule has 2 aromatic carbocycles. The number of benzene rings is 2. The number of pyridine rings is 1. The van der Waals surface area contributed by atoms with Crippen LogP contribution < -0.4 is 16.2 Å². The van der Waals surface area contributed by atoms with Crippen LogP contribution in [-0.2, 0) is 31.7 Å². The second kappa shape index (κ2) is 15.3. The summed E-state index contributed by atoms with van der Waals surface area (Å²) in [5.74, 6) is -2.63. The Morgan fingerprint density at radius 1 is 0.917 bits per heavy atom. The van der Waals surface area contributed by atoms with Crippen molar-refractivity contribution in [3.05, 3.63) is 88.2 Å². The van der Waals surface area contributed by atoms with Crippen molar-refractivity contribution in [2.45, 2.75) is 84.0 Å². The SMILES string of the molecule is COC(=O)c1cccc(CC(=O)Nc2ccc(-c3ccccc3)n(CC(=O)NC(C(C)C)C(O[Si](C)(C)C(C)(C)C)C(F)(F)F)c2=O)c1. The Bertz CT molecular complexity index is 1670. The molecule has 0 aliphatic heterocycles. The molecule has 0 aliphatic rings. The lowest BCUT2D eigenvalue weighted by Gasteiger charge is -2.42. The summed E-state index contributed by atoms with van der Waals surface area (Å²) >= 11 is 0. The number of ether oxygens (including phenoxy) is 1. The molecular formula is C35H44F3N3O6Si. The summed E-state index contributed by atoms with van der Waals surface area (Å²) in [5.41, 5.74) is 0.793. The molecule has 2 amide bonds. The first-order chi connectivity index (χ1) is 22.2. The highest BCUT2D eigenvalue weighted by Crippen LogP contribution is 2.41. The van der Waals surface area contributed by atoms with Crippen molar-refractivity contribution in [1.82, 2.24) is 9.88 Å². The topological polar surface area (TPSA) is 116 Å². The Hall–Kier alpha value is -4.23. The van der Waals surface area contributed by atoms with Crippen LogP contribution in [0.15, 0.2) is 71.5 Å². The van der Waals surface area contributed by atoms with Gasteiger partial charge in [0.05, 0.1) is 30.8 Å². The molecule has 48 heavy (non-hydrogen) atoms. The summed E-state index contributed by atoms with van der Waals surface area (Å²) in [6.45, 7) is 11.4. The van der Waals surface area contributed by atoms with Crippen molar-refractivity contribution in [1.29, 1.82) is 0 Å². The number of halogens is 3. The summed E-state index contributed by atoms with van der Waals surface area (Å²) in [7, 11) is -1.68. The van der Waals surface area contributed by atoms with Crippen molar-refractivity contribution in [3.8, 4) is 11.3 Å².